The Balaban J connectivity index is 1.35. The number of nitrogens with zero attached hydrogens (tertiary/aromatic N) is 2. The van der Waals surface area contributed by atoms with E-state index in [9.17, 15) is 0 Å². The van der Waals surface area contributed by atoms with Gasteiger partial charge in [-0.15, -0.1) is 0 Å². The SMILES string of the molecule is C=C1C=CC=CN1c1c(-c2ccc(-c3cc(-c4ccccc4)cc(-c4ccccc4)c3)cc2)nc2ccccc2c1N. The number of hydrogen-bond donors (Lipinski definition) is 1. The number of allylic oxidation sites excluding steroid dienone is 3. The number of nitrogen functional groups attached to an aromatic ring is 1. The number of fused-ring (bicyclic) bond motifs is 1. The molecule has 0 radical (unpaired) electrons. The van der Waals surface area contributed by atoms with Crippen LogP contribution < -0.4 is 10.6 Å². The molecule has 0 saturated carbocycles. The molecule has 42 heavy (non-hydrogen) atoms. The minimum absolute atomic E-state index is 0.684. The van der Waals surface area contributed by atoms with E-state index in [1.54, 1.807) is 0 Å². The molecule has 0 bridgehead atoms. The molecule has 5 aromatic carbocycles. The molecular weight excluding hydrogens is 510 g/mol. The lowest BCUT2D eigenvalue weighted by molar-refractivity contribution is 1.19. The predicted molar refractivity (Wildman–Crippen MR) is 178 cm³/mol. The van der Waals surface area contributed by atoms with Crippen LogP contribution in [0.5, 0.6) is 0 Å². The van der Waals surface area contributed by atoms with Crippen molar-refractivity contribution in [1.82, 2.24) is 4.98 Å². The summed E-state index contributed by atoms with van der Waals surface area (Å²) in [5.41, 5.74) is 18.9. The van der Waals surface area contributed by atoms with Crippen LogP contribution in [0.15, 0.2) is 164 Å². The Kier molecular flexibility index (Phi) is 6.46. The maximum atomic E-state index is 6.83. The van der Waals surface area contributed by atoms with E-state index in [1.165, 1.54) is 22.3 Å². The first kappa shape index (κ1) is 25.3. The zero-order valence-corrected chi connectivity index (χ0v) is 23.1. The molecule has 2 N–H and O–H groups in total. The summed E-state index contributed by atoms with van der Waals surface area (Å²) in [4.78, 5) is 7.13. The van der Waals surface area contributed by atoms with Gasteiger partial charge in [-0.05, 0) is 69.8 Å². The first-order chi connectivity index (χ1) is 20.7. The quantitative estimate of drug-likeness (QED) is 0.237. The van der Waals surface area contributed by atoms with Crippen molar-refractivity contribution in [3.8, 4) is 44.6 Å². The fourth-order valence-electron chi connectivity index (χ4n) is 5.58. The molecule has 0 fully saturated rings. The van der Waals surface area contributed by atoms with Crippen LogP contribution in [0.25, 0.3) is 55.5 Å². The molecule has 3 heteroatoms. The van der Waals surface area contributed by atoms with Crippen molar-refractivity contribution < 1.29 is 0 Å². The number of hydrogen-bond acceptors (Lipinski definition) is 3. The fraction of sp³-hybridized carbons (Fsp3) is 0. The molecule has 0 amide bonds. The number of para-hydroxylation sites is 1. The van der Waals surface area contributed by atoms with Gasteiger partial charge in [0.1, 0.15) is 0 Å². The van der Waals surface area contributed by atoms with Crippen LogP contribution in [-0.4, -0.2) is 4.98 Å². The molecule has 0 aliphatic carbocycles. The molecule has 0 saturated heterocycles. The predicted octanol–water partition coefficient (Wildman–Crippen LogP) is 9.89. The fourth-order valence-corrected chi connectivity index (χ4v) is 5.58. The van der Waals surface area contributed by atoms with E-state index in [4.69, 9.17) is 10.7 Å². The smallest absolute Gasteiger partial charge is 0.0971 e. The molecular formula is C39H29N3. The van der Waals surface area contributed by atoms with Crippen LogP contribution in [0, 0.1) is 0 Å². The topological polar surface area (TPSA) is 42.2 Å². The van der Waals surface area contributed by atoms with E-state index in [0.717, 1.165) is 44.7 Å². The second-order valence-electron chi connectivity index (χ2n) is 10.4. The highest BCUT2D eigenvalue weighted by atomic mass is 15.1. The van der Waals surface area contributed by atoms with Crippen LogP contribution in [-0.2, 0) is 0 Å². The molecule has 3 nitrogen and oxygen atoms in total. The summed E-state index contributed by atoms with van der Waals surface area (Å²) in [5, 5.41) is 0.926. The molecule has 0 spiro atoms. The summed E-state index contributed by atoms with van der Waals surface area (Å²) in [7, 11) is 0. The number of anilines is 2. The summed E-state index contributed by atoms with van der Waals surface area (Å²) in [5.74, 6) is 0. The Labute approximate surface area is 246 Å². The van der Waals surface area contributed by atoms with Crippen LogP contribution in [0.1, 0.15) is 0 Å². The standard InChI is InChI=1S/C39H29N3/c1-27-12-10-11-23-42(27)39-37(40)35-17-8-9-18-36(35)41-38(39)31-21-19-30(20-22-31)34-25-32(28-13-4-2-5-14-28)24-33(26-34)29-15-6-3-7-16-29/h2-26H,1H2,(H2,40,41). The summed E-state index contributed by atoms with van der Waals surface area (Å²) in [6.45, 7) is 4.25. The Morgan fingerprint density at radius 3 is 1.67 bits per heavy atom. The number of benzene rings is 5. The van der Waals surface area contributed by atoms with E-state index in [2.05, 4.69) is 110 Å². The Morgan fingerprint density at radius 1 is 0.548 bits per heavy atom. The normalized spacial score (nSPS) is 12.7. The maximum absolute atomic E-state index is 6.83. The van der Waals surface area contributed by atoms with Gasteiger partial charge >= 0.3 is 0 Å². The lowest BCUT2D eigenvalue weighted by atomic mass is 9.93. The third-order valence-electron chi connectivity index (χ3n) is 7.73. The average Bonchev–Trinajstić information content (AvgIpc) is 3.06. The first-order valence-electron chi connectivity index (χ1n) is 14.0. The van der Waals surface area contributed by atoms with Gasteiger partial charge < -0.3 is 10.6 Å². The maximum Gasteiger partial charge on any atom is 0.0971 e. The summed E-state index contributed by atoms with van der Waals surface area (Å²) >= 11 is 0. The number of nitrogens with two attached hydrogens (primary N) is 1. The van der Waals surface area contributed by atoms with Crippen molar-refractivity contribution in [1.29, 1.82) is 0 Å². The van der Waals surface area contributed by atoms with Crippen molar-refractivity contribution in [2.45, 2.75) is 0 Å². The minimum atomic E-state index is 0.684. The van der Waals surface area contributed by atoms with Gasteiger partial charge in [-0.2, -0.15) is 0 Å². The molecule has 0 atom stereocenters. The lowest BCUT2D eigenvalue weighted by Crippen LogP contribution is -2.18. The second-order valence-corrected chi connectivity index (χ2v) is 10.4. The second kappa shape index (κ2) is 10.7. The minimum Gasteiger partial charge on any atom is -0.396 e. The highest BCUT2D eigenvalue weighted by Crippen LogP contribution is 2.42. The van der Waals surface area contributed by atoms with Gasteiger partial charge in [0.15, 0.2) is 0 Å². The van der Waals surface area contributed by atoms with Gasteiger partial charge in [-0.3, -0.25) is 0 Å². The zero-order chi connectivity index (χ0) is 28.5. The zero-order valence-electron chi connectivity index (χ0n) is 23.1. The molecule has 0 unspecified atom stereocenters. The molecule has 200 valence electrons. The third kappa shape index (κ3) is 4.67. The van der Waals surface area contributed by atoms with E-state index in [-0.39, 0.29) is 0 Å². The van der Waals surface area contributed by atoms with Crippen molar-refractivity contribution in [2.24, 2.45) is 0 Å². The van der Waals surface area contributed by atoms with Gasteiger partial charge in [0, 0.05) is 22.8 Å². The summed E-state index contributed by atoms with van der Waals surface area (Å²) in [6.07, 6.45) is 7.93. The van der Waals surface area contributed by atoms with Crippen molar-refractivity contribution in [3.05, 3.63) is 164 Å². The molecule has 7 rings (SSSR count). The monoisotopic (exact) mass is 539 g/mol. The van der Waals surface area contributed by atoms with Gasteiger partial charge in [-0.1, -0.05) is 116 Å². The molecule has 1 aliphatic rings. The van der Waals surface area contributed by atoms with E-state index in [0.29, 0.717) is 5.69 Å². The first-order valence-corrected chi connectivity index (χ1v) is 14.0. The van der Waals surface area contributed by atoms with E-state index < -0.39 is 0 Å². The largest absolute Gasteiger partial charge is 0.396 e. The number of rotatable bonds is 5. The van der Waals surface area contributed by atoms with Crippen LogP contribution in [0.4, 0.5) is 11.4 Å². The molecule has 1 aliphatic heterocycles. The highest BCUT2D eigenvalue weighted by Gasteiger charge is 2.21. The Bertz CT molecular complexity index is 1930. The van der Waals surface area contributed by atoms with E-state index in [1.807, 2.05) is 53.6 Å². The van der Waals surface area contributed by atoms with Gasteiger partial charge in [0.05, 0.1) is 22.6 Å². The van der Waals surface area contributed by atoms with Gasteiger partial charge in [0.2, 0.25) is 0 Å². The lowest BCUT2D eigenvalue weighted by Gasteiger charge is -2.27. The number of pyridine rings is 1. The van der Waals surface area contributed by atoms with Crippen molar-refractivity contribution >= 4 is 22.3 Å². The van der Waals surface area contributed by atoms with Crippen molar-refractivity contribution in [3.63, 3.8) is 0 Å². The van der Waals surface area contributed by atoms with Crippen LogP contribution in [0.2, 0.25) is 0 Å². The summed E-state index contributed by atoms with van der Waals surface area (Å²) in [6, 6.07) is 44.5. The van der Waals surface area contributed by atoms with E-state index >= 15 is 0 Å². The number of aromatic nitrogens is 1. The highest BCUT2D eigenvalue weighted by molar-refractivity contribution is 6.03. The van der Waals surface area contributed by atoms with Crippen LogP contribution >= 0.6 is 0 Å². The average molecular weight is 540 g/mol. The van der Waals surface area contributed by atoms with Crippen molar-refractivity contribution in [2.75, 3.05) is 10.6 Å². The molecule has 1 aromatic heterocycles. The third-order valence-corrected chi connectivity index (χ3v) is 7.73. The van der Waals surface area contributed by atoms with Gasteiger partial charge in [-0.25, -0.2) is 4.98 Å². The molecule has 2 heterocycles. The van der Waals surface area contributed by atoms with Crippen LogP contribution in [0.3, 0.4) is 0 Å². The summed E-state index contributed by atoms with van der Waals surface area (Å²) < 4.78 is 0. The Hall–Kier alpha value is -5.67. The van der Waals surface area contributed by atoms with Gasteiger partial charge in [0.25, 0.3) is 0 Å². The molecule has 6 aromatic rings. The Morgan fingerprint density at radius 2 is 1.07 bits per heavy atom.